The molecule has 0 fully saturated rings. The van der Waals surface area contributed by atoms with E-state index < -0.39 is 0 Å². The first-order valence-electron chi connectivity index (χ1n) is 4.02. The first kappa shape index (κ1) is 7.73. The molecule has 0 spiro atoms. The van der Waals surface area contributed by atoms with E-state index in [4.69, 9.17) is 0 Å². The van der Waals surface area contributed by atoms with Gasteiger partial charge in [0.05, 0.1) is 10.7 Å². The Morgan fingerprint density at radius 2 is 2.42 bits per heavy atom. The Labute approximate surface area is 74.8 Å². The quantitative estimate of drug-likeness (QED) is 0.653. The van der Waals surface area contributed by atoms with Crippen molar-refractivity contribution in [3.05, 3.63) is 15.6 Å². The van der Waals surface area contributed by atoms with Crippen LogP contribution in [-0.2, 0) is 6.42 Å². The molecule has 0 radical (unpaired) electrons. The molecule has 0 saturated heterocycles. The predicted molar refractivity (Wildman–Crippen MR) is 47.5 cm³/mol. The van der Waals surface area contributed by atoms with Gasteiger partial charge >= 0.3 is 0 Å². The number of carbonyl (C=O) groups excluding carboxylic acids is 1. The summed E-state index contributed by atoms with van der Waals surface area (Å²) in [6.07, 6.45) is 1.93. The molecular weight excluding hydrogens is 172 g/mol. The fourth-order valence-electron chi connectivity index (χ4n) is 1.36. The zero-order chi connectivity index (χ0) is 8.55. The zero-order valence-electron chi connectivity index (χ0n) is 6.89. The average molecular weight is 182 g/mol. The smallest absolute Gasteiger partial charge is 0.263 e. The summed E-state index contributed by atoms with van der Waals surface area (Å²) in [6.45, 7) is 2.72. The van der Waals surface area contributed by atoms with E-state index in [1.54, 1.807) is 0 Å². The lowest BCUT2D eigenvalue weighted by molar-refractivity contribution is 0.0960. The summed E-state index contributed by atoms with van der Waals surface area (Å²) in [5.41, 5.74) is 0.979. The summed E-state index contributed by atoms with van der Waals surface area (Å²) in [4.78, 5) is 16.5. The van der Waals surface area contributed by atoms with Gasteiger partial charge in [-0.3, -0.25) is 4.79 Å². The van der Waals surface area contributed by atoms with Crippen LogP contribution in [-0.4, -0.2) is 17.4 Å². The monoisotopic (exact) mass is 182 g/mol. The standard InChI is InChI=1S/C8H10N2OS/c1-5-10-6-3-2-4-9-8(11)7(6)12-5/h2-4H2,1H3,(H,9,11). The highest BCUT2D eigenvalue weighted by atomic mass is 32.1. The number of nitrogens with one attached hydrogen (secondary N) is 1. The maximum Gasteiger partial charge on any atom is 0.263 e. The van der Waals surface area contributed by atoms with E-state index in [1.165, 1.54) is 11.3 Å². The van der Waals surface area contributed by atoms with Crippen molar-refractivity contribution in [3.8, 4) is 0 Å². The Hall–Kier alpha value is -0.900. The van der Waals surface area contributed by atoms with Crippen LogP contribution in [0.4, 0.5) is 0 Å². The van der Waals surface area contributed by atoms with Crippen molar-refractivity contribution in [2.24, 2.45) is 0 Å². The van der Waals surface area contributed by atoms with Gasteiger partial charge in [0.1, 0.15) is 4.88 Å². The number of fused-ring (bicyclic) bond motifs is 1. The second-order valence-corrected chi connectivity index (χ2v) is 4.07. The lowest BCUT2D eigenvalue weighted by Crippen LogP contribution is -2.21. The molecule has 4 heteroatoms. The second-order valence-electron chi connectivity index (χ2n) is 2.87. The van der Waals surface area contributed by atoms with E-state index in [1.807, 2.05) is 6.92 Å². The van der Waals surface area contributed by atoms with Crippen LogP contribution < -0.4 is 5.32 Å². The Morgan fingerprint density at radius 1 is 1.58 bits per heavy atom. The molecule has 12 heavy (non-hydrogen) atoms. The number of amides is 1. The predicted octanol–water partition coefficient (Wildman–Crippen LogP) is 1.13. The number of rotatable bonds is 0. The Balaban J connectivity index is 2.44. The van der Waals surface area contributed by atoms with Crippen LogP contribution in [0.2, 0.25) is 0 Å². The van der Waals surface area contributed by atoms with Gasteiger partial charge in [-0.25, -0.2) is 4.98 Å². The Kier molecular flexibility index (Phi) is 1.84. The molecule has 2 heterocycles. The van der Waals surface area contributed by atoms with Crippen LogP contribution in [0.25, 0.3) is 0 Å². The van der Waals surface area contributed by atoms with Crippen molar-refractivity contribution in [1.82, 2.24) is 10.3 Å². The van der Waals surface area contributed by atoms with Crippen molar-refractivity contribution in [3.63, 3.8) is 0 Å². The van der Waals surface area contributed by atoms with Crippen LogP contribution in [0.3, 0.4) is 0 Å². The van der Waals surface area contributed by atoms with Gasteiger partial charge in [0.2, 0.25) is 0 Å². The lowest BCUT2D eigenvalue weighted by Gasteiger charge is -1.95. The van der Waals surface area contributed by atoms with E-state index in [9.17, 15) is 4.79 Å². The highest BCUT2D eigenvalue weighted by Gasteiger charge is 2.18. The number of hydrogen-bond acceptors (Lipinski definition) is 3. The van der Waals surface area contributed by atoms with Crippen molar-refractivity contribution >= 4 is 17.2 Å². The van der Waals surface area contributed by atoms with Gasteiger partial charge in [0.15, 0.2) is 0 Å². The third-order valence-electron chi connectivity index (χ3n) is 1.89. The molecule has 0 aliphatic carbocycles. The molecule has 1 amide bonds. The van der Waals surface area contributed by atoms with Crippen molar-refractivity contribution in [2.45, 2.75) is 19.8 Å². The van der Waals surface area contributed by atoms with Gasteiger partial charge in [-0.1, -0.05) is 0 Å². The molecule has 1 aliphatic rings. The number of aryl methyl sites for hydroxylation is 2. The number of aromatic nitrogens is 1. The molecule has 0 bridgehead atoms. The molecule has 0 aromatic carbocycles. The summed E-state index contributed by atoms with van der Waals surface area (Å²) in [6, 6.07) is 0. The van der Waals surface area contributed by atoms with E-state index in [2.05, 4.69) is 10.3 Å². The number of carbonyl (C=O) groups is 1. The molecule has 1 aromatic heterocycles. The summed E-state index contributed by atoms with van der Waals surface area (Å²) in [5, 5.41) is 3.83. The molecule has 0 atom stereocenters. The maximum absolute atomic E-state index is 11.4. The SMILES string of the molecule is Cc1nc2c(s1)C(=O)NCCC2. The van der Waals surface area contributed by atoms with Crippen molar-refractivity contribution in [2.75, 3.05) is 6.54 Å². The molecule has 1 aliphatic heterocycles. The van der Waals surface area contributed by atoms with Gasteiger partial charge in [0.25, 0.3) is 5.91 Å². The summed E-state index contributed by atoms with van der Waals surface area (Å²) >= 11 is 1.49. The van der Waals surface area contributed by atoms with Crippen LogP contribution in [0.15, 0.2) is 0 Å². The molecule has 2 rings (SSSR count). The van der Waals surface area contributed by atoms with Crippen molar-refractivity contribution in [1.29, 1.82) is 0 Å². The van der Waals surface area contributed by atoms with Crippen LogP contribution >= 0.6 is 11.3 Å². The summed E-state index contributed by atoms with van der Waals surface area (Å²) < 4.78 is 0. The molecule has 64 valence electrons. The third kappa shape index (κ3) is 1.22. The summed E-state index contributed by atoms with van der Waals surface area (Å²) in [5.74, 6) is 0.0492. The zero-order valence-corrected chi connectivity index (χ0v) is 7.70. The Morgan fingerprint density at radius 3 is 3.25 bits per heavy atom. The first-order chi connectivity index (χ1) is 5.77. The molecule has 0 saturated carbocycles. The maximum atomic E-state index is 11.4. The van der Waals surface area contributed by atoms with Crippen LogP contribution in [0, 0.1) is 6.92 Å². The highest BCUT2D eigenvalue weighted by Crippen LogP contribution is 2.20. The minimum atomic E-state index is 0.0492. The van der Waals surface area contributed by atoms with Gasteiger partial charge in [0, 0.05) is 6.54 Å². The highest BCUT2D eigenvalue weighted by molar-refractivity contribution is 7.13. The Bertz CT molecular complexity index is 319. The topological polar surface area (TPSA) is 42.0 Å². The van der Waals surface area contributed by atoms with Crippen LogP contribution in [0.5, 0.6) is 0 Å². The molecule has 0 unspecified atom stereocenters. The largest absolute Gasteiger partial charge is 0.351 e. The van der Waals surface area contributed by atoms with Gasteiger partial charge in [-0.2, -0.15) is 0 Å². The first-order valence-corrected chi connectivity index (χ1v) is 4.83. The van der Waals surface area contributed by atoms with Crippen molar-refractivity contribution < 1.29 is 4.79 Å². The summed E-state index contributed by atoms with van der Waals surface area (Å²) in [7, 11) is 0. The molecule has 1 aromatic rings. The van der Waals surface area contributed by atoms with E-state index in [-0.39, 0.29) is 5.91 Å². The number of nitrogens with zero attached hydrogens (tertiary/aromatic N) is 1. The lowest BCUT2D eigenvalue weighted by atomic mass is 10.2. The fourth-order valence-corrected chi connectivity index (χ4v) is 2.24. The van der Waals surface area contributed by atoms with Gasteiger partial charge < -0.3 is 5.32 Å². The minimum Gasteiger partial charge on any atom is -0.351 e. The van der Waals surface area contributed by atoms with Crippen LogP contribution in [0.1, 0.15) is 26.8 Å². The third-order valence-corrected chi connectivity index (χ3v) is 2.90. The normalized spacial score (nSPS) is 16.6. The fraction of sp³-hybridized carbons (Fsp3) is 0.500. The second kappa shape index (κ2) is 2.86. The van der Waals surface area contributed by atoms with Gasteiger partial charge in [-0.05, 0) is 19.8 Å². The average Bonchev–Trinajstić information content (AvgIpc) is 2.33. The molecule has 3 nitrogen and oxygen atoms in total. The minimum absolute atomic E-state index is 0.0492. The van der Waals surface area contributed by atoms with E-state index in [0.717, 1.165) is 35.0 Å². The van der Waals surface area contributed by atoms with E-state index >= 15 is 0 Å². The molecular formula is C8H10N2OS. The molecule has 1 N–H and O–H groups in total. The van der Waals surface area contributed by atoms with E-state index in [0.29, 0.717) is 0 Å². The number of thiazole rings is 1. The van der Waals surface area contributed by atoms with Gasteiger partial charge in [-0.15, -0.1) is 11.3 Å². The number of hydrogen-bond donors (Lipinski definition) is 1.